The third kappa shape index (κ3) is 3.94. The average Bonchev–Trinajstić information content (AvgIpc) is 2.88. The number of benzene rings is 2. The van der Waals surface area contributed by atoms with Crippen molar-refractivity contribution in [2.24, 2.45) is 0 Å². The molecule has 0 N–H and O–H groups in total. The third-order valence-electron chi connectivity index (χ3n) is 3.91. The summed E-state index contributed by atoms with van der Waals surface area (Å²) in [5.74, 6) is 0.442. The summed E-state index contributed by atoms with van der Waals surface area (Å²) in [6.45, 7) is 4.66. The minimum absolute atomic E-state index is 0.225. The van der Waals surface area contributed by atoms with E-state index in [1.54, 1.807) is 13.0 Å². The van der Waals surface area contributed by atoms with Crippen LogP contribution < -0.4 is 4.74 Å². The van der Waals surface area contributed by atoms with Crippen molar-refractivity contribution in [2.45, 2.75) is 20.5 Å². The Hall–Kier alpha value is -2.53. The summed E-state index contributed by atoms with van der Waals surface area (Å²) in [7, 11) is 0. The van der Waals surface area contributed by atoms with E-state index in [0.29, 0.717) is 23.8 Å². The van der Waals surface area contributed by atoms with Crippen LogP contribution >= 0.6 is 11.8 Å². The molecule has 0 aromatic heterocycles. The average molecular weight is 353 g/mol. The van der Waals surface area contributed by atoms with Crippen molar-refractivity contribution in [2.75, 3.05) is 6.54 Å². The smallest absolute Gasteiger partial charge is 0.293 e. The molecule has 1 saturated heterocycles. The van der Waals surface area contributed by atoms with E-state index < -0.39 is 0 Å². The van der Waals surface area contributed by atoms with Crippen molar-refractivity contribution in [1.82, 2.24) is 4.90 Å². The van der Waals surface area contributed by atoms with Gasteiger partial charge in [0.25, 0.3) is 11.1 Å². The van der Waals surface area contributed by atoms with E-state index in [1.807, 2.05) is 55.5 Å². The zero-order valence-corrected chi connectivity index (χ0v) is 15.0. The van der Waals surface area contributed by atoms with Gasteiger partial charge < -0.3 is 4.74 Å². The SMILES string of the molecule is CCN1C(=O)SC(=Cc2ccccc2OCc2ccc(C)cc2)C1=O. The Balaban J connectivity index is 1.79. The maximum atomic E-state index is 12.2. The number of rotatable bonds is 5. The first-order valence-electron chi connectivity index (χ1n) is 8.11. The number of carbonyl (C=O) groups is 2. The standard InChI is InChI=1S/C20H19NO3S/c1-3-21-19(22)18(25-20(21)23)12-16-6-4-5-7-17(16)24-13-15-10-8-14(2)9-11-15/h4-12H,3,13H2,1-2H3. The van der Waals surface area contributed by atoms with Crippen LogP contribution in [0.3, 0.4) is 0 Å². The van der Waals surface area contributed by atoms with Crippen LogP contribution in [0.5, 0.6) is 5.75 Å². The van der Waals surface area contributed by atoms with Gasteiger partial charge in [0.1, 0.15) is 12.4 Å². The minimum atomic E-state index is -0.245. The number of imide groups is 1. The lowest BCUT2D eigenvalue weighted by Crippen LogP contribution is -2.27. The number of hydrogen-bond donors (Lipinski definition) is 0. The molecule has 3 rings (SSSR count). The lowest BCUT2D eigenvalue weighted by molar-refractivity contribution is -0.122. The van der Waals surface area contributed by atoms with Crippen molar-refractivity contribution in [3.63, 3.8) is 0 Å². The molecule has 0 saturated carbocycles. The van der Waals surface area contributed by atoms with Gasteiger partial charge in [-0.3, -0.25) is 14.5 Å². The first-order valence-corrected chi connectivity index (χ1v) is 8.93. The zero-order valence-electron chi connectivity index (χ0n) is 14.2. The van der Waals surface area contributed by atoms with E-state index >= 15 is 0 Å². The lowest BCUT2D eigenvalue weighted by Gasteiger charge is -2.10. The molecule has 0 atom stereocenters. The number of nitrogens with zero attached hydrogens (tertiary/aromatic N) is 1. The fraction of sp³-hybridized carbons (Fsp3) is 0.200. The summed E-state index contributed by atoms with van der Waals surface area (Å²) in [6.07, 6.45) is 1.73. The van der Waals surface area contributed by atoms with Crippen LogP contribution in [-0.4, -0.2) is 22.6 Å². The molecule has 4 nitrogen and oxygen atoms in total. The Kier molecular flexibility index (Phi) is 5.24. The number of para-hydroxylation sites is 1. The quantitative estimate of drug-likeness (QED) is 0.735. The van der Waals surface area contributed by atoms with Gasteiger partial charge in [0.2, 0.25) is 0 Å². The summed E-state index contributed by atoms with van der Waals surface area (Å²) in [4.78, 5) is 25.8. The van der Waals surface area contributed by atoms with E-state index in [2.05, 4.69) is 0 Å². The Bertz CT molecular complexity index is 827. The zero-order chi connectivity index (χ0) is 17.8. The van der Waals surface area contributed by atoms with Gasteiger partial charge in [0, 0.05) is 12.1 Å². The van der Waals surface area contributed by atoms with Crippen molar-refractivity contribution in [3.8, 4) is 5.75 Å². The molecule has 25 heavy (non-hydrogen) atoms. The van der Waals surface area contributed by atoms with Crippen LogP contribution in [0.25, 0.3) is 6.08 Å². The number of thioether (sulfide) groups is 1. The summed E-state index contributed by atoms with van der Waals surface area (Å²) < 4.78 is 5.92. The largest absolute Gasteiger partial charge is 0.488 e. The number of likely N-dealkylation sites (N-methyl/N-ethyl adjacent to an activating group) is 1. The molecule has 0 bridgehead atoms. The molecule has 2 amide bonds. The van der Waals surface area contributed by atoms with Crippen molar-refractivity contribution >= 4 is 29.0 Å². The van der Waals surface area contributed by atoms with Crippen LogP contribution in [0.1, 0.15) is 23.6 Å². The van der Waals surface area contributed by atoms with E-state index in [4.69, 9.17) is 4.74 Å². The molecular formula is C20H19NO3S. The molecule has 1 heterocycles. The molecule has 2 aromatic rings. The van der Waals surface area contributed by atoms with Crippen LogP contribution in [0.15, 0.2) is 53.4 Å². The van der Waals surface area contributed by atoms with Gasteiger partial charge in [-0.25, -0.2) is 0 Å². The van der Waals surface area contributed by atoms with Gasteiger partial charge in [0.15, 0.2) is 0 Å². The molecule has 2 aromatic carbocycles. The van der Waals surface area contributed by atoms with Gasteiger partial charge >= 0.3 is 0 Å². The summed E-state index contributed by atoms with van der Waals surface area (Å²) in [5.41, 5.74) is 3.07. The molecule has 1 fully saturated rings. The molecule has 5 heteroatoms. The Labute approximate surface area is 151 Å². The summed E-state index contributed by atoms with van der Waals surface area (Å²) in [6, 6.07) is 15.7. The highest BCUT2D eigenvalue weighted by Crippen LogP contribution is 2.33. The van der Waals surface area contributed by atoms with Gasteiger partial charge in [-0.2, -0.15) is 0 Å². The molecule has 0 spiro atoms. The Morgan fingerprint density at radius 3 is 2.48 bits per heavy atom. The van der Waals surface area contributed by atoms with E-state index in [-0.39, 0.29) is 11.1 Å². The van der Waals surface area contributed by atoms with Crippen LogP contribution in [0.4, 0.5) is 4.79 Å². The van der Waals surface area contributed by atoms with Crippen LogP contribution in [-0.2, 0) is 11.4 Å². The molecule has 0 radical (unpaired) electrons. The highest BCUT2D eigenvalue weighted by molar-refractivity contribution is 8.18. The minimum Gasteiger partial charge on any atom is -0.488 e. The highest BCUT2D eigenvalue weighted by Gasteiger charge is 2.33. The fourth-order valence-electron chi connectivity index (χ4n) is 2.49. The van der Waals surface area contributed by atoms with E-state index in [0.717, 1.165) is 22.9 Å². The molecule has 0 aliphatic carbocycles. The number of carbonyl (C=O) groups excluding carboxylic acids is 2. The van der Waals surface area contributed by atoms with Crippen molar-refractivity contribution in [3.05, 3.63) is 70.1 Å². The van der Waals surface area contributed by atoms with Crippen LogP contribution in [0.2, 0.25) is 0 Å². The normalized spacial score (nSPS) is 15.9. The summed E-state index contributed by atoms with van der Waals surface area (Å²) in [5, 5.41) is -0.225. The Morgan fingerprint density at radius 2 is 1.80 bits per heavy atom. The lowest BCUT2D eigenvalue weighted by atomic mass is 10.1. The summed E-state index contributed by atoms with van der Waals surface area (Å²) >= 11 is 0.969. The number of hydrogen-bond acceptors (Lipinski definition) is 4. The number of amides is 2. The van der Waals surface area contributed by atoms with Gasteiger partial charge in [0.05, 0.1) is 4.91 Å². The molecule has 128 valence electrons. The second kappa shape index (κ2) is 7.57. The topological polar surface area (TPSA) is 46.6 Å². The van der Waals surface area contributed by atoms with Crippen LogP contribution in [0, 0.1) is 6.92 Å². The number of ether oxygens (including phenoxy) is 1. The molecule has 0 unspecified atom stereocenters. The van der Waals surface area contributed by atoms with Gasteiger partial charge in [-0.05, 0) is 43.3 Å². The van der Waals surface area contributed by atoms with E-state index in [9.17, 15) is 9.59 Å². The first kappa shape index (κ1) is 17.3. The first-order chi connectivity index (χ1) is 12.1. The maximum Gasteiger partial charge on any atom is 0.293 e. The van der Waals surface area contributed by atoms with Gasteiger partial charge in [-0.15, -0.1) is 0 Å². The second-order valence-corrected chi connectivity index (χ2v) is 6.73. The highest BCUT2D eigenvalue weighted by atomic mass is 32.2. The Morgan fingerprint density at radius 1 is 1.08 bits per heavy atom. The molecule has 1 aliphatic rings. The second-order valence-electron chi connectivity index (χ2n) is 5.74. The predicted molar refractivity (Wildman–Crippen MR) is 100 cm³/mol. The third-order valence-corrected chi connectivity index (χ3v) is 4.82. The number of aryl methyl sites for hydroxylation is 1. The van der Waals surface area contributed by atoms with Crippen molar-refractivity contribution in [1.29, 1.82) is 0 Å². The molecule has 1 aliphatic heterocycles. The predicted octanol–water partition coefficient (Wildman–Crippen LogP) is 4.63. The molecular weight excluding hydrogens is 334 g/mol. The van der Waals surface area contributed by atoms with Crippen molar-refractivity contribution < 1.29 is 14.3 Å². The van der Waals surface area contributed by atoms with Gasteiger partial charge in [-0.1, -0.05) is 48.0 Å². The van der Waals surface area contributed by atoms with E-state index in [1.165, 1.54) is 10.5 Å². The monoisotopic (exact) mass is 353 g/mol. The maximum absolute atomic E-state index is 12.2. The fourth-order valence-corrected chi connectivity index (χ4v) is 3.38.